The fourth-order valence-corrected chi connectivity index (χ4v) is 2.98. The topological polar surface area (TPSA) is 29.9 Å². The summed E-state index contributed by atoms with van der Waals surface area (Å²) < 4.78 is 2.02. The molecule has 4 heteroatoms. The van der Waals surface area contributed by atoms with Crippen LogP contribution in [0, 0.1) is 0 Å². The van der Waals surface area contributed by atoms with Gasteiger partial charge in [0.05, 0.1) is 23.0 Å². The van der Waals surface area contributed by atoms with Crippen molar-refractivity contribution in [3.05, 3.63) is 52.8 Å². The SMILES string of the molecule is CCNC(c1c(Cl)cnn1C(C)C)C(C)c1ccccc1. The third kappa shape index (κ3) is 3.47. The Balaban J connectivity index is 2.42. The van der Waals surface area contributed by atoms with Crippen molar-refractivity contribution in [2.75, 3.05) is 6.54 Å². The summed E-state index contributed by atoms with van der Waals surface area (Å²) in [5.41, 5.74) is 2.38. The van der Waals surface area contributed by atoms with Crippen molar-refractivity contribution in [2.45, 2.75) is 45.7 Å². The average molecular weight is 306 g/mol. The highest BCUT2D eigenvalue weighted by atomic mass is 35.5. The first-order valence-corrected chi connectivity index (χ1v) is 7.95. The van der Waals surface area contributed by atoms with E-state index in [9.17, 15) is 0 Å². The maximum absolute atomic E-state index is 6.43. The summed E-state index contributed by atoms with van der Waals surface area (Å²) in [6.07, 6.45) is 1.75. The fourth-order valence-electron chi connectivity index (χ4n) is 2.73. The average Bonchev–Trinajstić information content (AvgIpc) is 2.87. The normalized spacial score (nSPS) is 14.4. The number of nitrogens with one attached hydrogen (secondary N) is 1. The molecule has 0 radical (unpaired) electrons. The van der Waals surface area contributed by atoms with Gasteiger partial charge in [0.25, 0.3) is 0 Å². The Morgan fingerprint density at radius 1 is 1.19 bits per heavy atom. The zero-order chi connectivity index (χ0) is 15.4. The van der Waals surface area contributed by atoms with Crippen LogP contribution in [-0.4, -0.2) is 16.3 Å². The van der Waals surface area contributed by atoms with Crippen molar-refractivity contribution in [2.24, 2.45) is 0 Å². The number of nitrogens with zero attached hydrogens (tertiary/aromatic N) is 2. The van der Waals surface area contributed by atoms with E-state index in [1.165, 1.54) is 5.56 Å². The van der Waals surface area contributed by atoms with Crippen molar-refractivity contribution in [3.8, 4) is 0 Å². The zero-order valence-corrected chi connectivity index (χ0v) is 13.9. The van der Waals surface area contributed by atoms with Crippen LogP contribution in [-0.2, 0) is 0 Å². The van der Waals surface area contributed by atoms with E-state index in [0.717, 1.165) is 17.3 Å². The molecule has 0 fully saturated rings. The van der Waals surface area contributed by atoms with Crippen LogP contribution >= 0.6 is 11.6 Å². The molecule has 1 heterocycles. The van der Waals surface area contributed by atoms with Crippen LogP contribution in [0.25, 0.3) is 0 Å². The molecular weight excluding hydrogens is 282 g/mol. The summed E-state index contributed by atoms with van der Waals surface area (Å²) in [4.78, 5) is 0. The molecule has 0 aliphatic rings. The summed E-state index contributed by atoms with van der Waals surface area (Å²) >= 11 is 6.43. The highest BCUT2D eigenvalue weighted by Gasteiger charge is 2.26. The minimum absolute atomic E-state index is 0.148. The second kappa shape index (κ2) is 7.10. The van der Waals surface area contributed by atoms with E-state index < -0.39 is 0 Å². The lowest BCUT2D eigenvalue weighted by molar-refractivity contribution is 0.414. The second-order valence-corrected chi connectivity index (χ2v) is 6.06. The molecule has 3 nitrogen and oxygen atoms in total. The minimum atomic E-state index is 0.148. The molecule has 0 spiro atoms. The van der Waals surface area contributed by atoms with E-state index in [4.69, 9.17) is 11.6 Å². The Kier molecular flexibility index (Phi) is 5.43. The smallest absolute Gasteiger partial charge is 0.0834 e. The predicted octanol–water partition coefficient (Wildman–Crippen LogP) is 4.57. The maximum atomic E-state index is 6.43. The number of aromatic nitrogens is 2. The molecule has 1 aromatic heterocycles. The Bertz CT molecular complexity index is 563. The Labute approximate surface area is 132 Å². The quantitative estimate of drug-likeness (QED) is 0.847. The van der Waals surface area contributed by atoms with Gasteiger partial charge in [-0.15, -0.1) is 0 Å². The molecule has 2 rings (SSSR count). The lowest BCUT2D eigenvalue weighted by Gasteiger charge is -2.27. The summed E-state index contributed by atoms with van der Waals surface area (Å²) in [5.74, 6) is 0.317. The van der Waals surface area contributed by atoms with Gasteiger partial charge in [0.1, 0.15) is 0 Å². The molecule has 0 amide bonds. The van der Waals surface area contributed by atoms with Crippen LogP contribution in [0.3, 0.4) is 0 Å². The van der Waals surface area contributed by atoms with Gasteiger partial charge in [0.15, 0.2) is 0 Å². The molecule has 0 aliphatic carbocycles. The molecule has 0 saturated carbocycles. The van der Waals surface area contributed by atoms with E-state index in [1.807, 2.05) is 10.7 Å². The zero-order valence-electron chi connectivity index (χ0n) is 13.2. The number of hydrogen-bond donors (Lipinski definition) is 1. The summed E-state index contributed by atoms with van der Waals surface area (Å²) in [6.45, 7) is 9.50. The molecule has 2 unspecified atom stereocenters. The molecule has 0 aliphatic heterocycles. The van der Waals surface area contributed by atoms with Gasteiger partial charge in [-0.3, -0.25) is 4.68 Å². The van der Waals surface area contributed by atoms with Crippen LogP contribution < -0.4 is 5.32 Å². The van der Waals surface area contributed by atoms with E-state index >= 15 is 0 Å². The van der Waals surface area contributed by atoms with E-state index in [2.05, 4.69) is 62.4 Å². The highest BCUT2D eigenvalue weighted by molar-refractivity contribution is 6.31. The lowest BCUT2D eigenvalue weighted by Crippen LogP contribution is -2.29. The molecule has 2 atom stereocenters. The first-order valence-electron chi connectivity index (χ1n) is 7.57. The highest BCUT2D eigenvalue weighted by Crippen LogP contribution is 2.35. The first-order chi connectivity index (χ1) is 10.1. The molecule has 0 bridgehead atoms. The van der Waals surface area contributed by atoms with Crippen molar-refractivity contribution in [1.82, 2.24) is 15.1 Å². The van der Waals surface area contributed by atoms with Crippen LogP contribution in [0.2, 0.25) is 5.02 Å². The molecule has 1 aromatic carbocycles. The third-order valence-electron chi connectivity index (χ3n) is 3.82. The van der Waals surface area contributed by atoms with Gasteiger partial charge in [0.2, 0.25) is 0 Å². The van der Waals surface area contributed by atoms with Gasteiger partial charge < -0.3 is 5.32 Å². The van der Waals surface area contributed by atoms with Crippen LogP contribution in [0.4, 0.5) is 0 Å². The number of likely N-dealkylation sites (N-methyl/N-ethyl adjacent to an activating group) is 1. The fraction of sp³-hybridized carbons (Fsp3) is 0.471. The summed E-state index contributed by atoms with van der Waals surface area (Å²) in [7, 11) is 0. The van der Waals surface area contributed by atoms with Crippen molar-refractivity contribution >= 4 is 11.6 Å². The van der Waals surface area contributed by atoms with E-state index in [0.29, 0.717) is 5.92 Å². The maximum Gasteiger partial charge on any atom is 0.0834 e. The van der Waals surface area contributed by atoms with Crippen LogP contribution in [0.5, 0.6) is 0 Å². The molecule has 2 aromatic rings. The molecule has 114 valence electrons. The monoisotopic (exact) mass is 305 g/mol. The Morgan fingerprint density at radius 2 is 1.86 bits per heavy atom. The minimum Gasteiger partial charge on any atom is -0.308 e. The van der Waals surface area contributed by atoms with Gasteiger partial charge in [0, 0.05) is 12.0 Å². The predicted molar refractivity (Wildman–Crippen MR) is 88.9 cm³/mol. The number of halogens is 1. The van der Waals surface area contributed by atoms with Gasteiger partial charge in [-0.25, -0.2) is 0 Å². The summed E-state index contributed by atoms with van der Waals surface area (Å²) in [6, 6.07) is 11.0. The van der Waals surface area contributed by atoms with E-state index in [1.54, 1.807) is 6.20 Å². The Hall–Kier alpha value is -1.32. The number of benzene rings is 1. The van der Waals surface area contributed by atoms with E-state index in [-0.39, 0.29) is 12.1 Å². The lowest BCUT2D eigenvalue weighted by atomic mass is 9.91. The molecule has 21 heavy (non-hydrogen) atoms. The Morgan fingerprint density at radius 3 is 2.43 bits per heavy atom. The summed E-state index contributed by atoms with van der Waals surface area (Å²) in [5, 5.41) is 8.75. The van der Waals surface area contributed by atoms with Gasteiger partial charge in [-0.05, 0) is 26.0 Å². The second-order valence-electron chi connectivity index (χ2n) is 5.65. The molecule has 1 N–H and O–H groups in total. The van der Waals surface area contributed by atoms with Crippen molar-refractivity contribution in [3.63, 3.8) is 0 Å². The van der Waals surface area contributed by atoms with Gasteiger partial charge in [-0.1, -0.05) is 55.8 Å². The molecule has 0 saturated heterocycles. The largest absolute Gasteiger partial charge is 0.308 e. The molecular formula is C17H24ClN3. The third-order valence-corrected chi connectivity index (χ3v) is 4.11. The number of hydrogen-bond acceptors (Lipinski definition) is 2. The number of rotatable bonds is 6. The standard InChI is InChI=1S/C17H24ClN3/c1-5-19-16(13(4)14-9-7-6-8-10-14)17-15(18)11-20-21(17)12(2)3/h6-13,16,19H,5H2,1-4H3. The van der Waals surface area contributed by atoms with Crippen LogP contribution in [0.1, 0.15) is 57.0 Å². The van der Waals surface area contributed by atoms with Gasteiger partial charge in [-0.2, -0.15) is 5.10 Å². The van der Waals surface area contributed by atoms with Crippen molar-refractivity contribution in [1.29, 1.82) is 0 Å². The van der Waals surface area contributed by atoms with Crippen molar-refractivity contribution < 1.29 is 0 Å². The van der Waals surface area contributed by atoms with Crippen LogP contribution in [0.15, 0.2) is 36.5 Å². The van der Waals surface area contributed by atoms with Gasteiger partial charge >= 0.3 is 0 Å². The first kappa shape index (κ1) is 16.1.